The van der Waals surface area contributed by atoms with E-state index in [-0.39, 0.29) is 22.9 Å². The number of pyridine rings is 1. The number of aromatic nitrogens is 1. The molecule has 0 aromatic carbocycles. The molecule has 6 heteroatoms. The normalized spacial score (nSPS) is 11.6. The first-order valence-electron chi connectivity index (χ1n) is 5.13. The van der Waals surface area contributed by atoms with Gasteiger partial charge in [-0.1, -0.05) is 24.9 Å². The van der Waals surface area contributed by atoms with Crippen LogP contribution < -0.4 is 0 Å². The number of carbonyl (C=O) groups is 1. The monoisotopic (exact) mass is 265 g/mol. The molecule has 0 saturated carbocycles. The van der Waals surface area contributed by atoms with Crippen molar-refractivity contribution in [3.8, 4) is 0 Å². The Morgan fingerprint density at radius 1 is 1.41 bits per heavy atom. The molecule has 0 saturated heterocycles. The summed E-state index contributed by atoms with van der Waals surface area (Å²) in [6.45, 7) is 1.92. The topological polar surface area (TPSA) is 30.0 Å². The molecule has 0 aliphatic carbocycles. The molecule has 1 aromatic heterocycles. The molecule has 0 aliphatic heterocycles. The molecule has 0 aliphatic rings. The second-order valence-electron chi connectivity index (χ2n) is 3.56. The van der Waals surface area contributed by atoms with Crippen LogP contribution in [0.3, 0.4) is 0 Å². The zero-order chi connectivity index (χ0) is 13.1. The van der Waals surface area contributed by atoms with Gasteiger partial charge in [0.15, 0.2) is 5.78 Å². The molecule has 0 radical (unpaired) electrons. The van der Waals surface area contributed by atoms with E-state index in [9.17, 15) is 18.0 Å². The van der Waals surface area contributed by atoms with Crippen molar-refractivity contribution in [1.29, 1.82) is 0 Å². The fourth-order valence-electron chi connectivity index (χ4n) is 1.27. The maximum absolute atomic E-state index is 12.3. The number of rotatable bonds is 4. The van der Waals surface area contributed by atoms with Crippen molar-refractivity contribution in [1.82, 2.24) is 4.98 Å². The van der Waals surface area contributed by atoms with Crippen LogP contribution >= 0.6 is 11.6 Å². The van der Waals surface area contributed by atoms with Gasteiger partial charge in [0.2, 0.25) is 0 Å². The average Bonchev–Trinajstić information content (AvgIpc) is 2.24. The molecular weight excluding hydrogens is 255 g/mol. The Morgan fingerprint density at radius 2 is 2.06 bits per heavy atom. The van der Waals surface area contributed by atoms with Crippen molar-refractivity contribution in [2.24, 2.45) is 0 Å². The third kappa shape index (κ3) is 3.70. The Kier molecular flexibility index (Phi) is 4.51. The van der Waals surface area contributed by atoms with Crippen LogP contribution in [-0.2, 0) is 6.18 Å². The fourth-order valence-corrected chi connectivity index (χ4v) is 1.53. The highest BCUT2D eigenvalue weighted by atomic mass is 35.5. The highest BCUT2D eigenvalue weighted by molar-refractivity contribution is 6.32. The lowest BCUT2D eigenvalue weighted by Gasteiger charge is -2.08. The molecule has 1 aromatic rings. The van der Waals surface area contributed by atoms with Crippen LogP contribution in [0, 0.1) is 0 Å². The van der Waals surface area contributed by atoms with E-state index >= 15 is 0 Å². The van der Waals surface area contributed by atoms with E-state index < -0.39 is 11.9 Å². The first-order valence-corrected chi connectivity index (χ1v) is 5.51. The molecule has 0 amide bonds. The van der Waals surface area contributed by atoms with Crippen LogP contribution in [-0.4, -0.2) is 10.8 Å². The number of halogens is 4. The molecule has 0 atom stereocenters. The third-order valence-electron chi connectivity index (χ3n) is 2.20. The van der Waals surface area contributed by atoms with E-state index in [2.05, 4.69) is 4.98 Å². The van der Waals surface area contributed by atoms with Gasteiger partial charge in [-0.25, -0.2) is 4.98 Å². The quantitative estimate of drug-likeness (QED) is 0.605. The summed E-state index contributed by atoms with van der Waals surface area (Å²) in [5.74, 6) is -0.280. The molecule has 1 rings (SSSR count). The van der Waals surface area contributed by atoms with E-state index in [0.29, 0.717) is 6.42 Å². The fraction of sp³-hybridized carbons (Fsp3) is 0.455. The number of carbonyl (C=O) groups excluding carboxylic acids is 1. The summed E-state index contributed by atoms with van der Waals surface area (Å²) in [4.78, 5) is 14.8. The Labute approximate surface area is 102 Å². The van der Waals surface area contributed by atoms with Crippen LogP contribution in [0.4, 0.5) is 13.2 Å². The summed E-state index contributed by atoms with van der Waals surface area (Å²) in [6, 6.07) is 1.85. The Morgan fingerprint density at radius 3 is 2.53 bits per heavy atom. The van der Waals surface area contributed by atoms with E-state index in [4.69, 9.17) is 11.6 Å². The predicted molar refractivity (Wildman–Crippen MR) is 58.1 cm³/mol. The van der Waals surface area contributed by atoms with Crippen molar-refractivity contribution in [2.45, 2.75) is 32.4 Å². The summed E-state index contributed by atoms with van der Waals surface area (Å²) in [5.41, 5.74) is -1.04. The third-order valence-corrected chi connectivity index (χ3v) is 2.49. The minimum Gasteiger partial charge on any atom is -0.294 e. The van der Waals surface area contributed by atoms with Crippen LogP contribution in [0.25, 0.3) is 0 Å². The zero-order valence-corrected chi connectivity index (χ0v) is 9.90. The largest absolute Gasteiger partial charge is 0.433 e. The molecule has 1 heterocycles. The summed E-state index contributed by atoms with van der Waals surface area (Å²) >= 11 is 5.58. The van der Waals surface area contributed by atoms with Gasteiger partial charge >= 0.3 is 6.18 Å². The summed E-state index contributed by atoms with van der Waals surface area (Å²) in [5, 5.41) is -0.388. The number of nitrogens with zero attached hydrogens (tertiary/aromatic N) is 1. The van der Waals surface area contributed by atoms with Gasteiger partial charge in [0.05, 0.1) is 5.56 Å². The van der Waals surface area contributed by atoms with Gasteiger partial charge in [0.1, 0.15) is 10.8 Å². The van der Waals surface area contributed by atoms with Crippen molar-refractivity contribution in [3.63, 3.8) is 0 Å². The molecule has 0 bridgehead atoms. The minimum absolute atomic E-state index is 0.0492. The number of unbranched alkanes of at least 4 members (excludes halogenated alkanes) is 1. The summed E-state index contributed by atoms with van der Waals surface area (Å²) in [7, 11) is 0. The maximum Gasteiger partial charge on any atom is 0.433 e. The molecule has 0 N–H and O–H groups in total. The lowest BCUT2D eigenvalue weighted by Crippen LogP contribution is -2.10. The van der Waals surface area contributed by atoms with Crippen molar-refractivity contribution in [3.05, 3.63) is 28.5 Å². The van der Waals surface area contributed by atoms with Crippen molar-refractivity contribution >= 4 is 17.4 Å². The number of Topliss-reactive ketones (excluding diaryl/α,β-unsaturated/α-hetero) is 1. The number of alkyl halides is 3. The molecule has 0 fully saturated rings. The Bertz CT molecular complexity index is 418. The second-order valence-corrected chi connectivity index (χ2v) is 3.92. The van der Waals surface area contributed by atoms with Gasteiger partial charge in [0.25, 0.3) is 0 Å². The highest BCUT2D eigenvalue weighted by Gasteiger charge is 2.33. The van der Waals surface area contributed by atoms with E-state index in [1.807, 2.05) is 6.92 Å². The van der Waals surface area contributed by atoms with E-state index in [1.54, 1.807) is 0 Å². The predicted octanol–water partition coefficient (Wildman–Crippen LogP) is 4.13. The number of hydrogen-bond acceptors (Lipinski definition) is 2. The molecule has 17 heavy (non-hydrogen) atoms. The number of ketones is 1. The first-order chi connectivity index (χ1) is 7.86. The standard InChI is InChI=1S/C11H11ClF3NO/c1-2-3-4-8(17)7-5-6-9(11(13,14)15)16-10(7)12/h5-6H,2-4H2,1H3. The lowest BCUT2D eigenvalue weighted by molar-refractivity contribution is -0.141. The van der Waals surface area contributed by atoms with Crippen LogP contribution in [0.2, 0.25) is 5.15 Å². The van der Waals surface area contributed by atoms with Gasteiger partial charge in [-0.15, -0.1) is 0 Å². The number of hydrogen-bond donors (Lipinski definition) is 0. The van der Waals surface area contributed by atoms with Gasteiger partial charge < -0.3 is 0 Å². The van der Waals surface area contributed by atoms with Crippen LogP contribution in [0.5, 0.6) is 0 Å². The first kappa shape index (κ1) is 14.0. The van der Waals surface area contributed by atoms with Gasteiger partial charge in [-0.2, -0.15) is 13.2 Å². The smallest absolute Gasteiger partial charge is 0.294 e. The molecule has 0 unspecified atom stereocenters. The lowest BCUT2D eigenvalue weighted by atomic mass is 10.1. The van der Waals surface area contributed by atoms with Gasteiger partial charge in [-0.3, -0.25) is 4.79 Å². The Balaban J connectivity index is 2.94. The molecule has 2 nitrogen and oxygen atoms in total. The summed E-state index contributed by atoms with van der Waals surface area (Å²) in [6.07, 6.45) is -2.77. The van der Waals surface area contributed by atoms with E-state index in [0.717, 1.165) is 18.6 Å². The highest BCUT2D eigenvalue weighted by Crippen LogP contribution is 2.29. The zero-order valence-electron chi connectivity index (χ0n) is 9.14. The Hall–Kier alpha value is -1.10. The van der Waals surface area contributed by atoms with E-state index in [1.165, 1.54) is 0 Å². The van der Waals surface area contributed by atoms with Crippen LogP contribution in [0.1, 0.15) is 42.2 Å². The maximum atomic E-state index is 12.3. The molecular formula is C11H11ClF3NO. The average molecular weight is 266 g/mol. The SMILES string of the molecule is CCCCC(=O)c1ccc(C(F)(F)F)nc1Cl. The van der Waals surface area contributed by atoms with Crippen LogP contribution in [0.15, 0.2) is 12.1 Å². The van der Waals surface area contributed by atoms with Gasteiger partial charge in [-0.05, 0) is 18.6 Å². The van der Waals surface area contributed by atoms with Gasteiger partial charge in [0, 0.05) is 6.42 Å². The minimum atomic E-state index is -4.55. The van der Waals surface area contributed by atoms with Crippen molar-refractivity contribution < 1.29 is 18.0 Å². The second kappa shape index (κ2) is 5.49. The molecule has 0 spiro atoms. The molecule has 94 valence electrons. The summed E-state index contributed by atoms with van der Waals surface area (Å²) < 4.78 is 36.9. The van der Waals surface area contributed by atoms with Crippen molar-refractivity contribution in [2.75, 3.05) is 0 Å².